The topological polar surface area (TPSA) is 37.4 Å². The lowest BCUT2D eigenvalue weighted by Gasteiger charge is -2.09. The van der Waals surface area contributed by atoms with Gasteiger partial charge in [0.2, 0.25) is 0 Å². The van der Waals surface area contributed by atoms with Gasteiger partial charge in [-0.05, 0) is 38.0 Å². The smallest absolute Gasteiger partial charge is 0.121 e. The van der Waals surface area contributed by atoms with Crippen LogP contribution in [0.3, 0.4) is 0 Å². The lowest BCUT2D eigenvalue weighted by atomic mass is 10.0. The third-order valence-electron chi connectivity index (χ3n) is 3.26. The molecule has 88 valence electrons. The third-order valence-corrected chi connectivity index (χ3v) is 3.26. The van der Waals surface area contributed by atoms with E-state index in [4.69, 9.17) is 4.74 Å². The molecular weight excluding hydrogens is 212 g/mol. The highest BCUT2D eigenvalue weighted by atomic mass is 16.5. The maximum atomic E-state index is 5.52. The van der Waals surface area contributed by atoms with E-state index in [1.807, 2.05) is 13.0 Å². The van der Waals surface area contributed by atoms with Crippen molar-refractivity contribution in [2.45, 2.75) is 20.3 Å². The fraction of sp³-hybridized carbons (Fsp3) is 0.357. The summed E-state index contributed by atoms with van der Waals surface area (Å²) in [6.45, 7) is 5.67. The number of nitrogens with zero attached hydrogens (tertiary/aromatic N) is 1. The van der Waals surface area contributed by atoms with Gasteiger partial charge in [0, 0.05) is 23.5 Å². The molecule has 1 N–H and O–H groups in total. The average Bonchev–Trinajstić information content (AvgIpc) is 2.69. The summed E-state index contributed by atoms with van der Waals surface area (Å²) in [4.78, 5) is 7.93. The summed E-state index contributed by atoms with van der Waals surface area (Å²) in [5.74, 6) is 0.924. The maximum absolute atomic E-state index is 5.52. The number of hydrogen-bond donors (Lipinski definition) is 1. The minimum absolute atomic E-state index is 0.701. The first kappa shape index (κ1) is 10.4. The first-order chi connectivity index (χ1) is 8.29. The van der Waals surface area contributed by atoms with Crippen molar-refractivity contribution in [1.29, 1.82) is 0 Å². The van der Waals surface area contributed by atoms with Gasteiger partial charge in [-0.15, -0.1) is 0 Å². The normalized spacial score (nSPS) is 14.6. The molecule has 1 aromatic carbocycles. The third kappa shape index (κ3) is 1.62. The second kappa shape index (κ2) is 3.91. The summed E-state index contributed by atoms with van der Waals surface area (Å²) in [5, 5.41) is 1.30. The van der Waals surface area contributed by atoms with Crippen LogP contribution in [0.1, 0.15) is 25.1 Å². The number of fused-ring (bicyclic) bond motifs is 3. The highest BCUT2D eigenvalue weighted by Crippen LogP contribution is 2.28. The van der Waals surface area contributed by atoms with Crippen LogP contribution in [0.4, 0.5) is 0 Å². The number of aliphatic imine (C=N–C) groups is 1. The summed E-state index contributed by atoms with van der Waals surface area (Å²) >= 11 is 0. The van der Waals surface area contributed by atoms with Crippen LogP contribution in [0.5, 0.6) is 5.75 Å². The first-order valence-electron chi connectivity index (χ1n) is 6.08. The Bertz CT molecular complexity index is 596. The molecule has 1 aliphatic heterocycles. The van der Waals surface area contributed by atoms with Crippen molar-refractivity contribution in [3.8, 4) is 5.75 Å². The van der Waals surface area contributed by atoms with E-state index in [2.05, 4.69) is 29.0 Å². The Kier molecular flexibility index (Phi) is 2.39. The Balaban J connectivity index is 2.17. The zero-order valence-electron chi connectivity index (χ0n) is 10.2. The molecule has 0 bridgehead atoms. The van der Waals surface area contributed by atoms with E-state index < -0.39 is 0 Å². The molecule has 0 radical (unpaired) electrons. The number of nitrogens with one attached hydrogen (secondary N) is 1. The second-order valence-corrected chi connectivity index (χ2v) is 4.34. The number of hydrogen-bond acceptors (Lipinski definition) is 2. The summed E-state index contributed by atoms with van der Waals surface area (Å²) in [5.41, 5.74) is 4.85. The van der Waals surface area contributed by atoms with Gasteiger partial charge in [0.1, 0.15) is 5.75 Å². The van der Waals surface area contributed by atoms with Gasteiger partial charge in [-0.1, -0.05) is 0 Å². The molecule has 2 aromatic rings. The molecule has 0 saturated carbocycles. The van der Waals surface area contributed by atoms with E-state index in [1.165, 1.54) is 16.6 Å². The molecule has 0 aliphatic carbocycles. The van der Waals surface area contributed by atoms with Crippen LogP contribution in [-0.2, 0) is 6.42 Å². The van der Waals surface area contributed by atoms with Crippen molar-refractivity contribution in [3.63, 3.8) is 0 Å². The Hall–Kier alpha value is -1.77. The number of benzene rings is 1. The predicted octanol–water partition coefficient (Wildman–Crippen LogP) is 2.93. The van der Waals surface area contributed by atoms with Crippen LogP contribution in [0, 0.1) is 0 Å². The molecule has 0 saturated heterocycles. The molecule has 0 unspecified atom stereocenters. The van der Waals surface area contributed by atoms with Crippen molar-refractivity contribution in [2.75, 3.05) is 13.2 Å². The Morgan fingerprint density at radius 1 is 1.41 bits per heavy atom. The molecule has 3 rings (SSSR count). The molecule has 0 atom stereocenters. The molecule has 0 fully saturated rings. The minimum atomic E-state index is 0.701. The summed E-state index contributed by atoms with van der Waals surface area (Å²) in [7, 11) is 0. The molecule has 1 aromatic heterocycles. The van der Waals surface area contributed by atoms with Crippen molar-refractivity contribution in [2.24, 2.45) is 4.99 Å². The highest BCUT2D eigenvalue weighted by Gasteiger charge is 2.16. The fourth-order valence-corrected chi connectivity index (χ4v) is 2.47. The van der Waals surface area contributed by atoms with E-state index in [-0.39, 0.29) is 0 Å². The zero-order valence-corrected chi connectivity index (χ0v) is 10.2. The van der Waals surface area contributed by atoms with Crippen molar-refractivity contribution < 1.29 is 4.74 Å². The van der Waals surface area contributed by atoms with Gasteiger partial charge in [-0.3, -0.25) is 4.99 Å². The largest absolute Gasteiger partial charge is 0.494 e. The van der Waals surface area contributed by atoms with E-state index in [9.17, 15) is 0 Å². The molecule has 1 aliphatic rings. The molecule has 2 heterocycles. The van der Waals surface area contributed by atoms with Crippen LogP contribution in [0.25, 0.3) is 10.9 Å². The number of ether oxygens (including phenoxy) is 1. The van der Waals surface area contributed by atoms with Crippen LogP contribution >= 0.6 is 0 Å². The van der Waals surface area contributed by atoms with Crippen molar-refractivity contribution in [3.05, 3.63) is 29.5 Å². The lowest BCUT2D eigenvalue weighted by Crippen LogP contribution is -2.08. The highest BCUT2D eigenvalue weighted by molar-refractivity contribution is 6.05. The summed E-state index contributed by atoms with van der Waals surface area (Å²) in [6, 6.07) is 6.26. The van der Waals surface area contributed by atoms with E-state index in [1.54, 1.807) is 0 Å². The minimum Gasteiger partial charge on any atom is -0.494 e. The van der Waals surface area contributed by atoms with Gasteiger partial charge < -0.3 is 9.72 Å². The summed E-state index contributed by atoms with van der Waals surface area (Å²) < 4.78 is 5.52. The van der Waals surface area contributed by atoms with E-state index in [0.717, 1.165) is 29.9 Å². The standard InChI is InChI=1S/C14H16N2O/c1-3-17-10-4-5-11-12-6-7-15-9(2)14(12)16-13(11)8-10/h4-5,8,16H,3,6-7H2,1-2H3. The van der Waals surface area contributed by atoms with E-state index in [0.29, 0.717) is 6.61 Å². The molecular formula is C14H16N2O. The Labute approximate surface area is 101 Å². The quantitative estimate of drug-likeness (QED) is 0.843. The van der Waals surface area contributed by atoms with Gasteiger partial charge in [0.05, 0.1) is 18.0 Å². The number of H-pyrrole nitrogens is 1. The van der Waals surface area contributed by atoms with Crippen LogP contribution in [-0.4, -0.2) is 23.8 Å². The average molecular weight is 228 g/mol. The van der Waals surface area contributed by atoms with Crippen molar-refractivity contribution in [1.82, 2.24) is 4.98 Å². The van der Waals surface area contributed by atoms with E-state index >= 15 is 0 Å². The lowest BCUT2D eigenvalue weighted by molar-refractivity contribution is 0.340. The van der Waals surface area contributed by atoms with Crippen LogP contribution in [0.15, 0.2) is 23.2 Å². The van der Waals surface area contributed by atoms with Gasteiger partial charge >= 0.3 is 0 Å². The monoisotopic (exact) mass is 228 g/mol. The Morgan fingerprint density at radius 2 is 2.29 bits per heavy atom. The van der Waals surface area contributed by atoms with Crippen molar-refractivity contribution >= 4 is 16.6 Å². The SMILES string of the molecule is CCOc1ccc2c3c([nH]c2c1)C(C)=NCC3. The first-order valence-corrected chi connectivity index (χ1v) is 6.08. The van der Waals surface area contributed by atoms with Crippen LogP contribution in [0.2, 0.25) is 0 Å². The number of rotatable bonds is 2. The van der Waals surface area contributed by atoms with Gasteiger partial charge in [0.25, 0.3) is 0 Å². The summed E-state index contributed by atoms with van der Waals surface area (Å²) in [6.07, 6.45) is 1.03. The molecule has 0 spiro atoms. The molecule has 3 nitrogen and oxygen atoms in total. The molecule has 3 heteroatoms. The number of aromatic amines is 1. The van der Waals surface area contributed by atoms with Crippen LogP contribution < -0.4 is 4.74 Å². The van der Waals surface area contributed by atoms with Gasteiger partial charge in [-0.2, -0.15) is 0 Å². The number of aromatic nitrogens is 1. The fourth-order valence-electron chi connectivity index (χ4n) is 2.47. The molecule has 0 amide bonds. The van der Waals surface area contributed by atoms with Gasteiger partial charge in [0.15, 0.2) is 0 Å². The maximum Gasteiger partial charge on any atom is 0.121 e. The Morgan fingerprint density at radius 3 is 3.12 bits per heavy atom. The second-order valence-electron chi connectivity index (χ2n) is 4.34. The predicted molar refractivity (Wildman–Crippen MR) is 70.2 cm³/mol. The zero-order chi connectivity index (χ0) is 11.8. The van der Waals surface area contributed by atoms with Gasteiger partial charge in [-0.25, -0.2) is 0 Å². The molecule has 17 heavy (non-hydrogen) atoms.